The lowest BCUT2D eigenvalue weighted by molar-refractivity contribution is -0.123. The summed E-state index contributed by atoms with van der Waals surface area (Å²) in [7, 11) is 0. The highest BCUT2D eigenvalue weighted by molar-refractivity contribution is 5.84. The maximum absolute atomic E-state index is 11.1. The van der Waals surface area contributed by atoms with Crippen LogP contribution in [0.3, 0.4) is 0 Å². The standard InChI is InChI=1S/C10H15NO2/c1-9(12)6-7-10(13)5-3-2-4-8-11/h2-7H2,1H3. The van der Waals surface area contributed by atoms with Crippen molar-refractivity contribution >= 4 is 11.6 Å². The number of ketones is 2. The van der Waals surface area contributed by atoms with E-state index in [1.807, 2.05) is 6.07 Å². The van der Waals surface area contributed by atoms with Gasteiger partial charge in [-0.1, -0.05) is 0 Å². The lowest BCUT2D eigenvalue weighted by Gasteiger charge is -1.97. The van der Waals surface area contributed by atoms with Crippen LogP contribution in [0.5, 0.6) is 0 Å². The molecule has 0 aliphatic carbocycles. The van der Waals surface area contributed by atoms with E-state index in [1.54, 1.807) is 0 Å². The monoisotopic (exact) mass is 181 g/mol. The Morgan fingerprint density at radius 2 is 1.85 bits per heavy atom. The zero-order chi connectivity index (χ0) is 10.1. The molecule has 0 aromatic heterocycles. The highest BCUT2D eigenvalue weighted by atomic mass is 16.1. The molecular weight excluding hydrogens is 166 g/mol. The number of carbonyl (C=O) groups is 2. The minimum absolute atomic E-state index is 0.0605. The number of carbonyl (C=O) groups excluding carboxylic acids is 2. The quantitative estimate of drug-likeness (QED) is 0.564. The van der Waals surface area contributed by atoms with Gasteiger partial charge in [-0.15, -0.1) is 0 Å². The Morgan fingerprint density at radius 1 is 1.15 bits per heavy atom. The first kappa shape index (κ1) is 11.8. The van der Waals surface area contributed by atoms with Gasteiger partial charge >= 0.3 is 0 Å². The highest BCUT2D eigenvalue weighted by Gasteiger charge is 2.03. The summed E-state index contributed by atoms with van der Waals surface area (Å²) in [5.74, 6) is 0.193. The van der Waals surface area contributed by atoms with E-state index < -0.39 is 0 Å². The van der Waals surface area contributed by atoms with Gasteiger partial charge < -0.3 is 4.79 Å². The first-order chi connectivity index (χ1) is 6.16. The van der Waals surface area contributed by atoms with Crippen molar-refractivity contribution in [2.45, 2.75) is 45.4 Å². The van der Waals surface area contributed by atoms with Crippen molar-refractivity contribution in [2.24, 2.45) is 0 Å². The summed E-state index contributed by atoms with van der Waals surface area (Å²) in [4.78, 5) is 21.6. The van der Waals surface area contributed by atoms with Crippen LogP contribution in [0.1, 0.15) is 45.4 Å². The van der Waals surface area contributed by atoms with E-state index in [2.05, 4.69) is 0 Å². The first-order valence-corrected chi connectivity index (χ1v) is 4.55. The zero-order valence-electron chi connectivity index (χ0n) is 8.01. The molecule has 72 valence electrons. The SMILES string of the molecule is CC(=O)CCC(=O)CCCCC#N. The maximum Gasteiger partial charge on any atom is 0.133 e. The van der Waals surface area contributed by atoms with Gasteiger partial charge in [-0.25, -0.2) is 0 Å². The number of unbranched alkanes of at least 4 members (excludes halogenated alkanes) is 2. The van der Waals surface area contributed by atoms with Crippen molar-refractivity contribution in [3.8, 4) is 6.07 Å². The predicted octanol–water partition coefficient (Wildman–Crippen LogP) is 2.01. The molecule has 0 aliphatic heterocycles. The van der Waals surface area contributed by atoms with E-state index in [0.29, 0.717) is 25.7 Å². The van der Waals surface area contributed by atoms with Crippen molar-refractivity contribution in [3.05, 3.63) is 0 Å². The fourth-order valence-corrected chi connectivity index (χ4v) is 0.967. The van der Waals surface area contributed by atoms with Crippen LogP contribution >= 0.6 is 0 Å². The van der Waals surface area contributed by atoms with Crippen LogP contribution in [0.4, 0.5) is 0 Å². The Hall–Kier alpha value is -1.17. The summed E-state index contributed by atoms with van der Waals surface area (Å²) in [5.41, 5.74) is 0. The summed E-state index contributed by atoms with van der Waals surface area (Å²) in [5, 5.41) is 8.23. The molecule has 0 fully saturated rings. The third kappa shape index (κ3) is 8.74. The smallest absolute Gasteiger partial charge is 0.133 e. The summed E-state index contributed by atoms with van der Waals surface area (Å²) in [6.07, 6.45) is 3.29. The van der Waals surface area contributed by atoms with Crippen LogP contribution in [0.2, 0.25) is 0 Å². The Balaban J connectivity index is 3.31. The molecule has 0 saturated heterocycles. The molecule has 0 heterocycles. The third-order valence-electron chi connectivity index (χ3n) is 1.75. The number of hydrogen-bond donors (Lipinski definition) is 0. The van der Waals surface area contributed by atoms with Crippen LogP contribution in [-0.4, -0.2) is 11.6 Å². The molecule has 0 aromatic carbocycles. The molecule has 0 amide bonds. The largest absolute Gasteiger partial charge is 0.300 e. The Labute approximate surface area is 78.7 Å². The average Bonchev–Trinajstić information content (AvgIpc) is 2.09. The van der Waals surface area contributed by atoms with Crippen LogP contribution in [0, 0.1) is 11.3 Å². The minimum atomic E-state index is 0.0605. The fourth-order valence-electron chi connectivity index (χ4n) is 0.967. The summed E-state index contributed by atoms with van der Waals surface area (Å²) >= 11 is 0. The van der Waals surface area contributed by atoms with E-state index in [4.69, 9.17) is 5.26 Å². The zero-order valence-corrected chi connectivity index (χ0v) is 8.01. The molecule has 0 radical (unpaired) electrons. The van der Waals surface area contributed by atoms with Gasteiger partial charge in [0.15, 0.2) is 0 Å². The number of rotatable bonds is 7. The third-order valence-corrected chi connectivity index (χ3v) is 1.75. The predicted molar refractivity (Wildman–Crippen MR) is 49.0 cm³/mol. The van der Waals surface area contributed by atoms with Crippen molar-refractivity contribution in [2.75, 3.05) is 0 Å². The summed E-state index contributed by atoms with van der Waals surface area (Å²) < 4.78 is 0. The summed E-state index contributed by atoms with van der Waals surface area (Å²) in [6.45, 7) is 1.49. The van der Waals surface area contributed by atoms with Gasteiger partial charge in [0.25, 0.3) is 0 Å². The normalized spacial score (nSPS) is 9.23. The van der Waals surface area contributed by atoms with Crippen molar-refractivity contribution in [1.82, 2.24) is 0 Å². The topological polar surface area (TPSA) is 57.9 Å². The van der Waals surface area contributed by atoms with Crippen LogP contribution in [-0.2, 0) is 9.59 Å². The van der Waals surface area contributed by atoms with Crippen LogP contribution < -0.4 is 0 Å². The van der Waals surface area contributed by atoms with E-state index in [-0.39, 0.29) is 11.6 Å². The van der Waals surface area contributed by atoms with E-state index in [0.717, 1.165) is 12.8 Å². The number of Topliss-reactive ketones (excluding diaryl/α,β-unsaturated/α-hetero) is 2. The molecule has 0 N–H and O–H groups in total. The second-order valence-corrected chi connectivity index (χ2v) is 3.11. The lowest BCUT2D eigenvalue weighted by Crippen LogP contribution is -2.01. The molecule has 0 spiro atoms. The fraction of sp³-hybridized carbons (Fsp3) is 0.700. The minimum Gasteiger partial charge on any atom is -0.300 e. The molecule has 0 saturated carbocycles. The molecule has 3 heteroatoms. The molecule has 0 unspecified atom stereocenters. The van der Waals surface area contributed by atoms with Crippen molar-refractivity contribution in [3.63, 3.8) is 0 Å². The second kappa shape index (κ2) is 7.48. The van der Waals surface area contributed by atoms with Gasteiger partial charge in [0, 0.05) is 25.7 Å². The Morgan fingerprint density at radius 3 is 2.38 bits per heavy atom. The van der Waals surface area contributed by atoms with Gasteiger partial charge in [-0.05, 0) is 19.8 Å². The molecular formula is C10H15NO2. The van der Waals surface area contributed by atoms with Gasteiger partial charge in [0.2, 0.25) is 0 Å². The average molecular weight is 181 g/mol. The summed E-state index contributed by atoms with van der Waals surface area (Å²) in [6, 6.07) is 2.03. The molecule has 0 aliphatic rings. The number of hydrogen-bond acceptors (Lipinski definition) is 3. The van der Waals surface area contributed by atoms with E-state index >= 15 is 0 Å². The molecule has 0 atom stereocenters. The van der Waals surface area contributed by atoms with Gasteiger partial charge in [0.1, 0.15) is 11.6 Å². The number of nitriles is 1. The molecule has 3 nitrogen and oxygen atoms in total. The van der Waals surface area contributed by atoms with E-state index in [9.17, 15) is 9.59 Å². The first-order valence-electron chi connectivity index (χ1n) is 4.55. The lowest BCUT2D eigenvalue weighted by atomic mass is 10.1. The van der Waals surface area contributed by atoms with Gasteiger partial charge in [-0.3, -0.25) is 4.79 Å². The molecule has 0 bridgehead atoms. The Kier molecular flexibility index (Phi) is 6.80. The van der Waals surface area contributed by atoms with Gasteiger partial charge in [-0.2, -0.15) is 5.26 Å². The van der Waals surface area contributed by atoms with Gasteiger partial charge in [0.05, 0.1) is 6.07 Å². The second-order valence-electron chi connectivity index (χ2n) is 3.11. The van der Waals surface area contributed by atoms with Crippen LogP contribution in [0.25, 0.3) is 0 Å². The highest BCUT2D eigenvalue weighted by Crippen LogP contribution is 2.03. The van der Waals surface area contributed by atoms with Crippen molar-refractivity contribution < 1.29 is 9.59 Å². The molecule has 0 aromatic rings. The maximum atomic E-state index is 11.1. The number of nitrogens with zero attached hydrogens (tertiary/aromatic N) is 1. The molecule has 0 rings (SSSR count). The van der Waals surface area contributed by atoms with E-state index in [1.165, 1.54) is 6.92 Å². The van der Waals surface area contributed by atoms with Crippen LogP contribution in [0.15, 0.2) is 0 Å². The van der Waals surface area contributed by atoms with Crippen molar-refractivity contribution in [1.29, 1.82) is 5.26 Å². The Bertz CT molecular complexity index is 215. The molecule has 13 heavy (non-hydrogen) atoms.